The minimum absolute atomic E-state index is 0.397. The van der Waals surface area contributed by atoms with Crippen molar-refractivity contribution in [3.63, 3.8) is 0 Å². The van der Waals surface area contributed by atoms with Crippen molar-refractivity contribution in [3.05, 3.63) is 65.0 Å². The molecule has 1 aromatic carbocycles. The van der Waals surface area contributed by atoms with Gasteiger partial charge in [-0.25, -0.2) is 13.8 Å². The number of hydrogen-bond donors (Lipinski definition) is 1. The van der Waals surface area contributed by atoms with E-state index in [1.807, 2.05) is 12.1 Å². The van der Waals surface area contributed by atoms with Gasteiger partial charge in [-0.05, 0) is 49.1 Å². The first kappa shape index (κ1) is 17.1. The number of nitrogens with zero attached hydrogens (tertiary/aromatic N) is 1. The van der Waals surface area contributed by atoms with E-state index in [4.69, 9.17) is 0 Å². The zero-order valence-corrected chi connectivity index (χ0v) is 13.5. The number of halogens is 2. The molecule has 120 valence electrons. The lowest BCUT2D eigenvalue weighted by atomic mass is 10.1. The van der Waals surface area contributed by atoms with E-state index in [2.05, 4.69) is 42.9 Å². The van der Waals surface area contributed by atoms with Crippen molar-refractivity contribution in [2.45, 2.75) is 33.4 Å². The fraction of sp³-hybridized carbons (Fsp3) is 0.316. The van der Waals surface area contributed by atoms with Crippen LogP contribution in [-0.4, -0.2) is 11.0 Å². The predicted molar refractivity (Wildman–Crippen MR) is 87.7 cm³/mol. The van der Waals surface area contributed by atoms with E-state index >= 15 is 0 Å². The van der Waals surface area contributed by atoms with Crippen LogP contribution in [0, 0.1) is 29.4 Å². The number of hydrogen-bond acceptors (Lipinski definition) is 2. The van der Waals surface area contributed by atoms with Gasteiger partial charge in [0.15, 0.2) is 11.6 Å². The average molecular weight is 314 g/mol. The molecule has 0 unspecified atom stereocenters. The van der Waals surface area contributed by atoms with Crippen LogP contribution in [0.15, 0.2) is 36.4 Å². The molecule has 0 aliphatic heterocycles. The van der Waals surface area contributed by atoms with E-state index in [9.17, 15) is 8.78 Å². The molecule has 0 saturated heterocycles. The second-order valence-corrected chi connectivity index (χ2v) is 5.81. The summed E-state index contributed by atoms with van der Waals surface area (Å²) in [6.45, 7) is 7.13. The maximum Gasteiger partial charge on any atom is 0.160 e. The van der Waals surface area contributed by atoms with Crippen LogP contribution in [-0.2, 0) is 6.54 Å². The lowest BCUT2D eigenvalue weighted by molar-refractivity contribution is 0.424. The Balaban J connectivity index is 2.08. The van der Waals surface area contributed by atoms with Gasteiger partial charge in [0, 0.05) is 18.2 Å². The van der Waals surface area contributed by atoms with Gasteiger partial charge in [0.05, 0.1) is 5.69 Å². The minimum Gasteiger partial charge on any atom is -0.308 e. The zero-order valence-electron chi connectivity index (χ0n) is 13.5. The average Bonchev–Trinajstić information content (AvgIpc) is 2.54. The van der Waals surface area contributed by atoms with Crippen molar-refractivity contribution in [2.24, 2.45) is 5.92 Å². The molecule has 0 radical (unpaired) electrons. The molecule has 1 atom stereocenters. The van der Waals surface area contributed by atoms with Crippen LogP contribution < -0.4 is 5.32 Å². The summed E-state index contributed by atoms with van der Waals surface area (Å²) in [7, 11) is 0. The highest BCUT2D eigenvalue weighted by Crippen LogP contribution is 2.08. The summed E-state index contributed by atoms with van der Waals surface area (Å²) in [5, 5.41) is 3.41. The van der Waals surface area contributed by atoms with Gasteiger partial charge in [-0.15, -0.1) is 0 Å². The summed E-state index contributed by atoms with van der Waals surface area (Å²) in [6.07, 6.45) is 0. The quantitative estimate of drug-likeness (QED) is 0.866. The van der Waals surface area contributed by atoms with E-state index in [0.717, 1.165) is 17.8 Å². The molecule has 0 fully saturated rings. The third-order valence-corrected chi connectivity index (χ3v) is 3.67. The number of pyridine rings is 1. The first-order valence-corrected chi connectivity index (χ1v) is 7.62. The molecule has 0 saturated carbocycles. The Morgan fingerprint density at radius 3 is 2.52 bits per heavy atom. The molecule has 0 bridgehead atoms. The highest BCUT2D eigenvalue weighted by molar-refractivity contribution is 5.40. The van der Waals surface area contributed by atoms with E-state index in [0.29, 0.717) is 29.8 Å². The van der Waals surface area contributed by atoms with Gasteiger partial charge in [0.2, 0.25) is 0 Å². The molecule has 0 amide bonds. The summed E-state index contributed by atoms with van der Waals surface area (Å²) in [4.78, 5) is 4.46. The van der Waals surface area contributed by atoms with Gasteiger partial charge in [0.25, 0.3) is 0 Å². The van der Waals surface area contributed by atoms with Crippen molar-refractivity contribution in [1.82, 2.24) is 10.3 Å². The summed E-state index contributed by atoms with van der Waals surface area (Å²) < 4.78 is 26.0. The molecule has 0 aliphatic carbocycles. The fourth-order valence-electron chi connectivity index (χ4n) is 1.86. The molecule has 1 N–H and O–H groups in total. The Morgan fingerprint density at radius 2 is 1.83 bits per heavy atom. The number of rotatable bonds is 4. The SMILES string of the molecule is CC(C)[C@@H](C)NCc1cccc(C#Cc2ccc(F)c(F)c2)n1. The van der Waals surface area contributed by atoms with E-state index < -0.39 is 11.6 Å². The number of nitrogens with one attached hydrogen (secondary N) is 1. The monoisotopic (exact) mass is 314 g/mol. The third kappa shape index (κ3) is 5.15. The van der Waals surface area contributed by atoms with Gasteiger partial charge in [-0.1, -0.05) is 25.8 Å². The third-order valence-electron chi connectivity index (χ3n) is 3.67. The largest absolute Gasteiger partial charge is 0.308 e. The molecule has 2 rings (SSSR count). The van der Waals surface area contributed by atoms with Crippen LogP contribution in [0.5, 0.6) is 0 Å². The molecule has 2 nitrogen and oxygen atoms in total. The van der Waals surface area contributed by atoms with E-state index in [1.54, 1.807) is 6.07 Å². The lowest BCUT2D eigenvalue weighted by Crippen LogP contribution is -2.30. The molecule has 1 aromatic heterocycles. The Morgan fingerprint density at radius 1 is 1.04 bits per heavy atom. The number of aromatic nitrogens is 1. The fourth-order valence-corrected chi connectivity index (χ4v) is 1.86. The zero-order chi connectivity index (χ0) is 16.8. The van der Waals surface area contributed by atoms with Gasteiger partial charge in [-0.2, -0.15) is 0 Å². The van der Waals surface area contributed by atoms with Crippen LogP contribution >= 0.6 is 0 Å². The maximum atomic E-state index is 13.1. The van der Waals surface area contributed by atoms with Crippen molar-refractivity contribution in [3.8, 4) is 11.8 Å². The molecule has 23 heavy (non-hydrogen) atoms. The Hall–Kier alpha value is -2.25. The Labute approximate surface area is 136 Å². The normalized spacial score (nSPS) is 11.9. The van der Waals surface area contributed by atoms with Crippen LogP contribution in [0.1, 0.15) is 37.7 Å². The van der Waals surface area contributed by atoms with Crippen LogP contribution in [0.4, 0.5) is 8.78 Å². The maximum absolute atomic E-state index is 13.1. The van der Waals surface area contributed by atoms with Gasteiger partial charge >= 0.3 is 0 Å². The second kappa shape index (κ2) is 7.85. The first-order chi connectivity index (χ1) is 11.0. The highest BCUT2D eigenvalue weighted by Gasteiger charge is 2.06. The summed E-state index contributed by atoms with van der Waals surface area (Å²) >= 11 is 0. The Kier molecular flexibility index (Phi) is 5.84. The molecule has 2 aromatic rings. The molecule has 0 aliphatic rings. The topological polar surface area (TPSA) is 24.9 Å². The smallest absolute Gasteiger partial charge is 0.160 e. The minimum atomic E-state index is -0.898. The van der Waals surface area contributed by atoms with Crippen molar-refractivity contribution >= 4 is 0 Å². The van der Waals surface area contributed by atoms with E-state index in [-0.39, 0.29) is 0 Å². The Bertz CT molecular complexity index is 730. The van der Waals surface area contributed by atoms with Crippen molar-refractivity contribution < 1.29 is 8.78 Å². The summed E-state index contributed by atoms with van der Waals surface area (Å²) in [6, 6.07) is 9.61. The van der Waals surface area contributed by atoms with Crippen molar-refractivity contribution in [2.75, 3.05) is 0 Å². The molecular weight excluding hydrogens is 294 g/mol. The van der Waals surface area contributed by atoms with Crippen LogP contribution in [0.3, 0.4) is 0 Å². The van der Waals surface area contributed by atoms with Crippen molar-refractivity contribution in [1.29, 1.82) is 0 Å². The number of benzene rings is 1. The molecule has 4 heteroatoms. The van der Waals surface area contributed by atoms with Crippen LogP contribution in [0.2, 0.25) is 0 Å². The van der Waals surface area contributed by atoms with Gasteiger partial charge in [0.1, 0.15) is 5.69 Å². The lowest BCUT2D eigenvalue weighted by Gasteiger charge is -2.16. The standard InChI is InChI=1S/C19H20F2N2/c1-13(2)14(3)22-12-17-6-4-5-16(23-17)9-7-15-8-10-18(20)19(21)11-15/h4-6,8,10-11,13-14,22H,12H2,1-3H3/t14-/m1/s1. The van der Waals surface area contributed by atoms with Gasteiger partial charge in [-0.3, -0.25) is 0 Å². The molecule has 0 spiro atoms. The summed E-state index contributed by atoms with van der Waals surface area (Å²) in [5.74, 6) is 4.46. The first-order valence-electron chi connectivity index (χ1n) is 7.62. The summed E-state index contributed by atoms with van der Waals surface area (Å²) in [5.41, 5.74) is 1.92. The highest BCUT2D eigenvalue weighted by atomic mass is 19.2. The molecular formula is C19H20F2N2. The predicted octanol–water partition coefficient (Wildman–Crippen LogP) is 3.89. The van der Waals surface area contributed by atoms with Crippen LogP contribution in [0.25, 0.3) is 0 Å². The second-order valence-electron chi connectivity index (χ2n) is 5.81. The van der Waals surface area contributed by atoms with Gasteiger partial charge < -0.3 is 5.32 Å². The molecule has 1 heterocycles. The van der Waals surface area contributed by atoms with E-state index in [1.165, 1.54) is 6.07 Å².